The number of aromatic nitrogens is 1. The monoisotopic (exact) mass is 294 g/mol. The zero-order valence-corrected chi connectivity index (χ0v) is 11.7. The summed E-state index contributed by atoms with van der Waals surface area (Å²) in [5.41, 5.74) is 0.626. The summed E-state index contributed by atoms with van der Waals surface area (Å²) in [6, 6.07) is 13.6. The Morgan fingerprint density at radius 1 is 1.05 bits per heavy atom. The molecular weight excluding hydrogens is 277 g/mol. The quantitative estimate of drug-likeness (QED) is 0.901. The minimum absolute atomic E-state index is 0.0489. The molecule has 1 aromatic carbocycles. The molecule has 5 heteroatoms. The van der Waals surface area contributed by atoms with E-state index in [4.69, 9.17) is 0 Å². The summed E-state index contributed by atoms with van der Waals surface area (Å²) in [6.07, 6.45) is -3.99. The van der Waals surface area contributed by atoms with E-state index in [1.807, 2.05) is 37.3 Å². The van der Waals surface area contributed by atoms with Gasteiger partial charge in [0.05, 0.1) is 0 Å². The van der Waals surface area contributed by atoms with E-state index < -0.39 is 11.9 Å². The van der Waals surface area contributed by atoms with Crippen molar-refractivity contribution in [3.05, 3.63) is 65.5 Å². The van der Waals surface area contributed by atoms with E-state index in [1.54, 1.807) is 6.07 Å². The molecule has 2 nitrogen and oxygen atoms in total. The van der Waals surface area contributed by atoms with Gasteiger partial charge in [-0.2, -0.15) is 13.2 Å². The van der Waals surface area contributed by atoms with Crippen LogP contribution in [0, 0.1) is 0 Å². The van der Waals surface area contributed by atoms with Gasteiger partial charge in [-0.15, -0.1) is 0 Å². The molecule has 0 aliphatic carbocycles. The highest BCUT2D eigenvalue weighted by Crippen LogP contribution is 2.28. The molecule has 0 bridgehead atoms. The molecule has 0 spiro atoms. The van der Waals surface area contributed by atoms with Gasteiger partial charge in [-0.3, -0.25) is 0 Å². The Labute approximate surface area is 122 Å². The molecule has 0 amide bonds. The summed E-state index contributed by atoms with van der Waals surface area (Å²) in [5.74, 6) is 0. The van der Waals surface area contributed by atoms with Crippen molar-refractivity contribution in [2.24, 2.45) is 0 Å². The Bertz CT molecular complexity index is 567. The molecule has 0 radical (unpaired) electrons. The topological polar surface area (TPSA) is 24.9 Å². The van der Waals surface area contributed by atoms with E-state index in [1.165, 1.54) is 6.07 Å². The lowest BCUT2D eigenvalue weighted by molar-refractivity contribution is -0.141. The third kappa shape index (κ3) is 4.29. The van der Waals surface area contributed by atoms with E-state index in [-0.39, 0.29) is 6.04 Å². The second kappa shape index (κ2) is 6.72. The molecule has 0 saturated carbocycles. The molecule has 0 aliphatic heterocycles. The average Bonchev–Trinajstić information content (AvgIpc) is 2.47. The number of benzene rings is 1. The van der Waals surface area contributed by atoms with Gasteiger partial charge >= 0.3 is 6.18 Å². The van der Waals surface area contributed by atoms with Crippen LogP contribution in [0.5, 0.6) is 0 Å². The van der Waals surface area contributed by atoms with Gasteiger partial charge < -0.3 is 5.32 Å². The SMILES string of the molecule is CCNC(Cc1cccc(C(F)(F)F)n1)c1ccccc1. The van der Waals surface area contributed by atoms with Gasteiger partial charge in [-0.25, -0.2) is 4.98 Å². The van der Waals surface area contributed by atoms with Crippen LogP contribution in [0.4, 0.5) is 13.2 Å². The number of halogens is 3. The molecule has 1 unspecified atom stereocenters. The van der Waals surface area contributed by atoms with Crippen molar-refractivity contribution in [1.82, 2.24) is 10.3 Å². The minimum Gasteiger partial charge on any atom is -0.310 e. The first-order valence-corrected chi connectivity index (χ1v) is 6.82. The van der Waals surface area contributed by atoms with Crippen molar-refractivity contribution >= 4 is 0 Å². The summed E-state index contributed by atoms with van der Waals surface area (Å²) in [7, 11) is 0. The molecule has 21 heavy (non-hydrogen) atoms. The van der Waals surface area contributed by atoms with E-state index in [0.29, 0.717) is 12.1 Å². The summed E-state index contributed by atoms with van der Waals surface area (Å²) in [6.45, 7) is 2.70. The number of alkyl halides is 3. The standard InChI is InChI=1S/C16H17F3N2/c1-2-20-14(12-7-4-3-5-8-12)11-13-9-6-10-15(21-13)16(17,18)19/h3-10,14,20H,2,11H2,1H3. The Morgan fingerprint density at radius 2 is 1.76 bits per heavy atom. The Hall–Kier alpha value is -1.88. The molecule has 1 aromatic heterocycles. The van der Waals surface area contributed by atoms with Crippen LogP contribution in [-0.4, -0.2) is 11.5 Å². The molecule has 2 rings (SSSR count). The van der Waals surface area contributed by atoms with Crippen LogP contribution in [0.1, 0.15) is 29.9 Å². The fraction of sp³-hybridized carbons (Fsp3) is 0.312. The van der Waals surface area contributed by atoms with E-state index in [0.717, 1.165) is 18.2 Å². The minimum atomic E-state index is -4.41. The van der Waals surface area contributed by atoms with Crippen molar-refractivity contribution in [2.75, 3.05) is 6.54 Å². The molecule has 112 valence electrons. The maximum absolute atomic E-state index is 12.7. The molecule has 0 fully saturated rings. The van der Waals surface area contributed by atoms with E-state index in [2.05, 4.69) is 10.3 Å². The lowest BCUT2D eigenvalue weighted by atomic mass is 10.0. The predicted octanol–water partition coefficient (Wildman–Crippen LogP) is 3.99. The predicted molar refractivity (Wildman–Crippen MR) is 75.8 cm³/mol. The number of pyridine rings is 1. The Balaban J connectivity index is 2.21. The molecule has 0 aliphatic rings. The molecule has 1 N–H and O–H groups in total. The van der Waals surface area contributed by atoms with Gasteiger partial charge in [0.1, 0.15) is 5.69 Å². The second-order valence-corrected chi connectivity index (χ2v) is 4.74. The summed E-state index contributed by atoms with van der Waals surface area (Å²) in [4.78, 5) is 3.73. The highest BCUT2D eigenvalue weighted by molar-refractivity contribution is 5.22. The van der Waals surface area contributed by atoms with Crippen LogP contribution in [0.3, 0.4) is 0 Å². The zero-order chi connectivity index (χ0) is 15.3. The summed E-state index contributed by atoms with van der Waals surface area (Å²) >= 11 is 0. The number of nitrogens with zero attached hydrogens (tertiary/aromatic N) is 1. The first-order valence-electron chi connectivity index (χ1n) is 6.82. The molecule has 1 atom stereocenters. The van der Waals surface area contributed by atoms with Crippen molar-refractivity contribution in [1.29, 1.82) is 0 Å². The molecule has 1 heterocycles. The molecule has 0 saturated heterocycles. The first kappa shape index (κ1) is 15.5. The zero-order valence-electron chi connectivity index (χ0n) is 11.7. The third-order valence-electron chi connectivity index (χ3n) is 3.16. The first-order chi connectivity index (χ1) is 10.0. The van der Waals surface area contributed by atoms with Crippen LogP contribution >= 0.6 is 0 Å². The molecular formula is C16H17F3N2. The fourth-order valence-corrected chi connectivity index (χ4v) is 2.20. The maximum atomic E-state index is 12.7. The highest BCUT2D eigenvalue weighted by atomic mass is 19.4. The lowest BCUT2D eigenvalue weighted by Crippen LogP contribution is -2.23. The maximum Gasteiger partial charge on any atom is 0.433 e. The normalized spacial score (nSPS) is 13.1. The van der Waals surface area contributed by atoms with Gasteiger partial charge in [0.15, 0.2) is 0 Å². The smallest absolute Gasteiger partial charge is 0.310 e. The Kier molecular flexibility index (Phi) is 4.96. The van der Waals surface area contributed by atoms with Gasteiger partial charge in [0.2, 0.25) is 0 Å². The fourth-order valence-electron chi connectivity index (χ4n) is 2.20. The van der Waals surface area contributed by atoms with Crippen LogP contribution in [0.15, 0.2) is 48.5 Å². The van der Waals surface area contributed by atoms with E-state index in [9.17, 15) is 13.2 Å². The number of hydrogen-bond acceptors (Lipinski definition) is 2. The van der Waals surface area contributed by atoms with Gasteiger partial charge in [-0.05, 0) is 24.2 Å². The van der Waals surface area contributed by atoms with Gasteiger partial charge in [0.25, 0.3) is 0 Å². The highest BCUT2D eigenvalue weighted by Gasteiger charge is 2.32. The van der Waals surface area contributed by atoms with Crippen molar-refractivity contribution in [3.63, 3.8) is 0 Å². The Morgan fingerprint density at radius 3 is 2.38 bits per heavy atom. The van der Waals surface area contributed by atoms with Crippen LogP contribution in [0.2, 0.25) is 0 Å². The number of likely N-dealkylation sites (N-methyl/N-ethyl adjacent to an activating group) is 1. The van der Waals surface area contributed by atoms with Crippen LogP contribution < -0.4 is 5.32 Å². The van der Waals surface area contributed by atoms with Gasteiger partial charge in [0, 0.05) is 18.2 Å². The van der Waals surface area contributed by atoms with Gasteiger partial charge in [-0.1, -0.05) is 43.3 Å². The van der Waals surface area contributed by atoms with Crippen LogP contribution in [-0.2, 0) is 12.6 Å². The third-order valence-corrected chi connectivity index (χ3v) is 3.16. The number of hydrogen-bond donors (Lipinski definition) is 1. The lowest BCUT2D eigenvalue weighted by Gasteiger charge is -2.18. The summed E-state index contributed by atoms with van der Waals surface area (Å²) < 4.78 is 38.1. The average molecular weight is 294 g/mol. The summed E-state index contributed by atoms with van der Waals surface area (Å²) in [5, 5.41) is 3.28. The van der Waals surface area contributed by atoms with Crippen molar-refractivity contribution in [3.8, 4) is 0 Å². The second-order valence-electron chi connectivity index (χ2n) is 4.74. The van der Waals surface area contributed by atoms with Crippen molar-refractivity contribution in [2.45, 2.75) is 25.6 Å². The number of rotatable bonds is 5. The van der Waals surface area contributed by atoms with E-state index >= 15 is 0 Å². The molecule has 2 aromatic rings. The number of nitrogens with one attached hydrogen (secondary N) is 1. The van der Waals surface area contributed by atoms with Crippen molar-refractivity contribution < 1.29 is 13.2 Å². The van der Waals surface area contributed by atoms with Crippen LogP contribution in [0.25, 0.3) is 0 Å². The largest absolute Gasteiger partial charge is 0.433 e.